The monoisotopic (exact) mass is 303 g/mol. The molecule has 1 aromatic heterocycles. The van der Waals surface area contributed by atoms with Crippen LogP contribution < -0.4 is 11.1 Å². The smallest absolute Gasteiger partial charge is 0.407 e. The van der Waals surface area contributed by atoms with Crippen LogP contribution >= 0.6 is 0 Å². The lowest BCUT2D eigenvalue weighted by atomic mass is 10.0. The van der Waals surface area contributed by atoms with Gasteiger partial charge in [-0.3, -0.25) is 0 Å². The normalized spacial score (nSPS) is 13.1. The molecule has 120 valence electrons. The minimum Gasteiger partial charge on any atom is -0.444 e. The van der Waals surface area contributed by atoms with Gasteiger partial charge in [0.15, 0.2) is 0 Å². The maximum Gasteiger partial charge on any atom is 0.407 e. The lowest BCUT2D eigenvalue weighted by Gasteiger charge is -2.23. The first-order valence-corrected chi connectivity index (χ1v) is 7.63. The molecule has 22 heavy (non-hydrogen) atoms. The van der Waals surface area contributed by atoms with Gasteiger partial charge in [0.25, 0.3) is 0 Å². The molecule has 0 aliphatic rings. The van der Waals surface area contributed by atoms with Crippen molar-refractivity contribution in [1.29, 1.82) is 0 Å². The number of hydrogen-bond acceptors (Lipinski definition) is 3. The largest absolute Gasteiger partial charge is 0.444 e. The Kier molecular flexibility index (Phi) is 5.08. The Morgan fingerprint density at radius 1 is 1.36 bits per heavy atom. The van der Waals surface area contributed by atoms with Crippen LogP contribution in [0.15, 0.2) is 30.5 Å². The molecule has 1 aromatic carbocycles. The number of carbonyl (C=O) groups excluding carboxylic acids is 1. The third kappa shape index (κ3) is 4.49. The number of nitrogens with one attached hydrogen (secondary N) is 2. The van der Waals surface area contributed by atoms with Crippen LogP contribution in [0.1, 0.15) is 32.8 Å². The van der Waals surface area contributed by atoms with Crippen LogP contribution in [0, 0.1) is 0 Å². The number of benzene rings is 1. The van der Waals surface area contributed by atoms with Gasteiger partial charge in [-0.2, -0.15) is 0 Å². The summed E-state index contributed by atoms with van der Waals surface area (Å²) in [6.07, 6.45) is 3.23. The minimum absolute atomic E-state index is 0.0940. The van der Waals surface area contributed by atoms with Gasteiger partial charge >= 0.3 is 6.09 Å². The maximum atomic E-state index is 11.8. The molecule has 0 spiro atoms. The van der Waals surface area contributed by atoms with Crippen LogP contribution in [-0.4, -0.2) is 29.3 Å². The summed E-state index contributed by atoms with van der Waals surface area (Å²) >= 11 is 0. The molecule has 2 rings (SSSR count). The zero-order valence-corrected chi connectivity index (χ0v) is 13.5. The van der Waals surface area contributed by atoms with Gasteiger partial charge in [0.05, 0.1) is 0 Å². The first-order valence-electron chi connectivity index (χ1n) is 7.63. The van der Waals surface area contributed by atoms with Crippen LogP contribution in [0.4, 0.5) is 4.79 Å². The van der Waals surface area contributed by atoms with Gasteiger partial charge in [-0.15, -0.1) is 0 Å². The highest BCUT2D eigenvalue weighted by atomic mass is 16.6. The van der Waals surface area contributed by atoms with Gasteiger partial charge in [-0.1, -0.05) is 18.2 Å². The fourth-order valence-electron chi connectivity index (χ4n) is 2.39. The van der Waals surface area contributed by atoms with E-state index in [2.05, 4.69) is 22.4 Å². The second-order valence-corrected chi connectivity index (χ2v) is 6.48. The molecule has 0 fully saturated rings. The number of rotatable bonds is 5. The zero-order chi connectivity index (χ0) is 16.2. The van der Waals surface area contributed by atoms with Crippen molar-refractivity contribution >= 4 is 17.0 Å². The topological polar surface area (TPSA) is 80.1 Å². The number of aryl methyl sites for hydroxylation is 1. The predicted molar refractivity (Wildman–Crippen MR) is 88.8 cm³/mol. The molecule has 1 heterocycles. The number of para-hydroxylation sites is 1. The Morgan fingerprint density at radius 2 is 2.09 bits per heavy atom. The highest BCUT2D eigenvalue weighted by Crippen LogP contribution is 2.19. The Bertz CT molecular complexity index is 628. The molecule has 0 aliphatic heterocycles. The number of amides is 1. The quantitative estimate of drug-likeness (QED) is 0.794. The molecule has 0 radical (unpaired) electrons. The van der Waals surface area contributed by atoms with Crippen molar-refractivity contribution in [2.45, 2.75) is 45.3 Å². The van der Waals surface area contributed by atoms with E-state index >= 15 is 0 Å². The first-order chi connectivity index (χ1) is 10.4. The Balaban J connectivity index is 1.92. The fraction of sp³-hybridized carbons (Fsp3) is 0.471. The second kappa shape index (κ2) is 6.83. The molecule has 4 N–H and O–H groups in total. The summed E-state index contributed by atoms with van der Waals surface area (Å²) in [6.45, 7) is 5.92. The van der Waals surface area contributed by atoms with E-state index in [1.165, 1.54) is 10.9 Å². The molecule has 5 nitrogen and oxygen atoms in total. The van der Waals surface area contributed by atoms with Crippen molar-refractivity contribution in [3.05, 3.63) is 36.0 Å². The van der Waals surface area contributed by atoms with Crippen LogP contribution in [0.5, 0.6) is 0 Å². The predicted octanol–water partition coefficient (Wildman–Crippen LogP) is 2.95. The lowest BCUT2D eigenvalue weighted by Crippen LogP contribution is -2.43. The molecule has 0 saturated carbocycles. The van der Waals surface area contributed by atoms with Gasteiger partial charge < -0.3 is 20.8 Å². The van der Waals surface area contributed by atoms with Crippen LogP contribution in [0.25, 0.3) is 10.9 Å². The van der Waals surface area contributed by atoms with Crippen LogP contribution in [-0.2, 0) is 11.2 Å². The highest BCUT2D eigenvalue weighted by Gasteiger charge is 2.19. The van der Waals surface area contributed by atoms with E-state index in [0.29, 0.717) is 6.54 Å². The molecular formula is C17H25N3O2. The van der Waals surface area contributed by atoms with E-state index in [9.17, 15) is 4.79 Å². The molecular weight excluding hydrogens is 278 g/mol. The summed E-state index contributed by atoms with van der Waals surface area (Å²) in [5, 5.41) is 4.06. The third-order valence-corrected chi connectivity index (χ3v) is 3.44. The lowest BCUT2D eigenvalue weighted by molar-refractivity contribution is 0.0503. The molecule has 0 aliphatic carbocycles. The standard InChI is InChI=1S/C17H25N3O2/c1-17(2,3)22-16(21)20-13(10-18)9-8-12-11-19-15-7-5-4-6-14(12)15/h4-7,11,13,19H,8-10,18H2,1-3H3,(H,20,21). The van der Waals surface area contributed by atoms with Crippen molar-refractivity contribution in [1.82, 2.24) is 10.3 Å². The number of aromatic amines is 1. The van der Waals surface area contributed by atoms with E-state index in [-0.39, 0.29) is 6.04 Å². The summed E-state index contributed by atoms with van der Waals surface area (Å²) in [7, 11) is 0. The second-order valence-electron chi connectivity index (χ2n) is 6.48. The van der Waals surface area contributed by atoms with Gasteiger partial charge in [0.2, 0.25) is 0 Å². The van der Waals surface area contributed by atoms with E-state index in [1.54, 1.807) is 0 Å². The molecule has 2 aromatic rings. The molecule has 5 heteroatoms. The Morgan fingerprint density at radius 3 is 2.77 bits per heavy atom. The third-order valence-electron chi connectivity index (χ3n) is 3.44. The summed E-state index contributed by atoms with van der Waals surface area (Å²) in [6, 6.07) is 8.09. The average Bonchev–Trinajstić information content (AvgIpc) is 2.84. The van der Waals surface area contributed by atoms with E-state index in [1.807, 2.05) is 39.1 Å². The van der Waals surface area contributed by atoms with Gasteiger partial charge in [0.1, 0.15) is 5.60 Å². The molecule has 1 amide bonds. The average molecular weight is 303 g/mol. The number of hydrogen-bond donors (Lipinski definition) is 3. The summed E-state index contributed by atoms with van der Waals surface area (Å²) in [5.74, 6) is 0. The Labute approximate surface area is 131 Å². The van der Waals surface area contributed by atoms with Crippen molar-refractivity contribution in [3.63, 3.8) is 0 Å². The van der Waals surface area contributed by atoms with E-state index in [4.69, 9.17) is 10.5 Å². The molecule has 0 saturated heterocycles. The number of carbonyl (C=O) groups is 1. The van der Waals surface area contributed by atoms with Crippen molar-refractivity contribution in [2.75, 3.05) is 6.54 Å². The van der Waals surface area contributed by atoms with Crippen molar-refractivity contribution < 1.29 is 9.53 Å². The number of alkyl carbamates (subject to hydrolysis) is 1. The van der Waals surface area contributed by atoms with Gasteiger partial charge in [-0.05, 0) is 45.2 Å². The van der Waals surface area contributed by atoms with Crippen LogP contribution in [0.2, 0.25) is 0 Å². The number of H-pyrrole nitrogens is 1. The summed E-state index contributed by atoms with van der Waals surface area (Å²) in [4.78, 5) is 15.1. The van der Waals surface area contributed by atoms with Crippen LogP contribution in [0.3, 0.4) is 0 Å². The first kappa shape index (κ1) is 16.4. The molecule has 1 unspecified atom stereocenters. The minimum atomic E-state index is -0.500. The van der Waals surface area contributed by atoms with Crippen molar-refractivity contribution in [3.8, 4) is 0 Å². The number of nitrogens with two attached hydrogens (primary N) is 1. The fourth-order valence-corrected chi connectivity index (χ4v) is 2.39. The van der Waals surface area contributed by atoms with E-state index in [0.717, 1.165) is 18.4 Å². The number of ether oxygens (including phenoxy) is 1. The molecule has 1 atom stereocenters. The number of aromatic nitrogens is 1. The molecule has 0 bridgehead atoms. The highest BCUT2D eigenvalue weighted by molar-refractivity contribution is 5.83. The SMILES string of the molecule is CC(C)(C)OC(=O)NC(CN)CCc1c[nH]c2ccccc12. The zero-order valence-electron chi connectivity index (χ0n) is 13.5. The maximum absolute atomic E-state index is 11.8. The summed E-state index contributed by atoms with van der Waals surface area (Å²) < 4.78 is 5.27. The Hall–Kier alpha value is -2.01. The van der Waals surface area contributed by atoms with Gasteiger partial charge in [0, 0.05) is 29.7 Å². The number of fused-ring (bicyclic) bond motifs is 1. The van der Waals surface area contributed by atoms with Gasteiger partial charge in [-0.25, -0.2) is 4.79 Å². The van der Waals surface area contributed by atoms with E-state index < -0.39 is 11.7 Å². The van der Waals surface area contributed by atoms with Crippen molar-refractivity contribution in [2.24, 2.45) is 5.73 Å². The summed E-state index contributed by atoms with van der Waals surface area (Å²) in [5.41, 5.74) is 7.62.